The number of rotatable bonds is 0. The van der Waals surface area contributed by atoms with Gasteiger partial charge in [-0.25, -0.2) is 0 Å². The molecule has 0 saturated carbocycles. The molecule has 0 fully saturated rings. The maximum atomic E-state index is 8.64. The van der Waals surface area contributed by atoms with Crippen molar-refractivity contribution in [2.24, 2.45) is 0 Å². The molecule has 0 atom stereocenters. The van der Waals surface area contributed by atoms with Crippen LogP contribution in [0.25, 0.3) is 0 Å². The first-order chi connectivity index (χ1) is 10.0. The van der Waals surface area contributed by atoms with E-state index >= 15 is 0 Å². The largest absolute Gasteiger partial charge is 4.00 e. The second kappa shape index (κ2) is 20.3. The van der Waals surface area contributed by atoms with Crippen molar-refractivity contribution < 1.29 is 222 Å². The average molecular weight is 1480 g/mol. The minimum atomic E-state index is -6.11. The average Bonchev–Trinajstić information content (AvgIpc) is 1.79. The van der Waals surface area contributed by atoms with Gasteiger partial charge >= 0.3 is 222 Å². The van der Waals surface area contributed by atoms with Gasteiger partial charge in [0.25, 0.3) is 0 Å². The normalized spacial score (nSPS) is 10.6. The second-order valence-electron chi connectivity index (χ2n) is 1.89. The van der Waals surface area contributed by atoms with E-state index in [4.69, 9.17) is 71.2 Å². The fourth-order valence-corrected chi connectivity index (χ4v) is 0. The Balaban J connectivity index is -0.0000000364. The van der Waals surface area contributed by atoms with E-state index in [9.17, 15) is 0 Å². The first kappa shape index (κ1) is 47.3. The Labute approximate surface area is 217 Å². The van der Waals surface area contributed by atoms with Crippen molar-refractivity contribution in [2.45, 2.75) is 0 Å². The zero-order valence-corrected chi connectivity index (χ0v) is 30.9. The first-order valence-electron chi connectivity index (χ1n) is 3.09. The van der Waals surface area contributed by atoms with Gasteiger partial charge in [-0.15, -0.1) is 0 Å². The summed E-state index contributed by atoms with van der Waals surface area (Å²) in [5.74, 6) is 0. The molecule has 0 aliphatic rings. The first-order valence-corrected chi connectivity index (χ1v) is 25.3. The van der Waals surface area contributed by atoms with Crippen LogP contribution < -0.4 is 70.5 Å². The molecule has 0 aromatic rings. The minimum absolute atomic E-state index is 0. The summed E-state index contributed by atoms with van der Waals surface area (Å²) in [6.45, 7) is 0. The standard InChI is InChI=1S/K.20O.6Re/q+1;;;;;;;;;;;;;;;;5*-1;;;;;;+4. The third-order valence-electron chi connectivity index (χ3n) is 0. The Morgan fingerprint density at radius 3 is 0.296 bits per heavy atom. The zero-order valence-electron chi connectivity index (χ0n) is 11.4. The maximum Gasteiger partial charge on any atom is 4.00 e. The quantitative estimate of drug-likeness (QED) is 0.203. The van der Waals surface area contributed by atoms with Crippen molar-refractivity contribution in [2.75, 3.05) is 0 Å². The van der Waals surface area contributed by atoms with Gasteiger partial charge < -0.3 is 0 Å². The van der Waals surface area contributed by atoms with Gasteiger partial charge in [-0.3, -0.25) is 0 Å². The van der Waals surface area contributed by atoms with Crippen LogP contribution in [0.4, 0.5) is 0 Å². The van der Waals surface area contributed by atoms with E-state index in [1.165, 1.54) is 0 Å². The Kier molecular flexibility index (Phi) is 35.6. The molecule has 1 radical (unpaired) electrons. The predicted molar refractivity (Wildman–Crippen MR) is 10.3 cm³/mol. The van der Waals surface area contributed by atoms with Gasteiger partial charge in [0.05, 0.1) is 0 Å². The maximum absolute atomic E-state index is 8.64. The van der Waals surface area contributed by atoms with Gasteiger partial charge in [0, 0.05) is 0 Å². The third kappa shape index (κ3) is 3410. The molecule has 0 bridgehead atoms. The van der Waals surface area contributed by atoms with Crippen molar-refractivity contribution in [1.82, 2.24) is 0 Å². The van der Waals surface area contributed by atoms with Crippen molar-refractivity contribution in [3.8, 4) is 0 Å². The van der Waals surface area contributed by atoms with E-state index in [2.05, 4.69) is 0 Å². The third-order valence-corrected chi connectivity index (χ3v) is 0. The predicted octanol–water partition coefficient (Wildman–Crippen LogP) is -10.7. The van der Waals surface area contributed by atoms with Crippen LogP contribution in [0.2, 0.25) is 0 Å². The van der Waals surface area contributed by atoms with Crippen molar-refractivity contribution in [3.63, 3.8) is 0 Å². The molecule has 0 aromatic heterocycles. The molecule has 0 aromatic carbocycles. The number of hydrogen-bond donors (Lipinski definition) is 0. The second-order valence-corrected chi connectivity index (χ2v) is 15.5. The van der Waals surface area contributed by atoms with Crippen LogP contribution in [-0.2, 0) is 151 Å². The van der Waals surface area contributed by atoms with Gasteiger partial charge in [0.1, 0.15) is 0 Å². The van der Waals surface area contributed by atoms with E-state index in [-0.39, 0.29) is 71.8 Å². The Morgan fingerprint density at radius 1 is 0.296 bits per heavy atom. The summed E-state index contributed by atoms with van der Waals surface area (Å²) in [4.78, 5) is 0. The SMILES string of the molecule is [K+].[O]=[Re](=[O])(=[O])[O-].[O]=[Re](=[O])(=[O])[O-].[O]=[Re](=[O])(=[O])[O-].[O]=[Re](=[O])(=[O])[O-].[O]=[Re](=[O])(=[O])[O-].[Re+4]. The van der Waals surface area contributed by atoms with Crippen LogP contribution in [0, 0.1) is 0 Å². The fourth-order valence-electron chi connectivity index (χ4n) is 0. The summed E-state index contributed by atoms with van der Waals surface area (Å²) < 4.78 is 173. The molecule has 0 N–H and O–H groups in total. The van der Waals surface area contributed by atoms with Gasteiger partial charge in [-0.1, -0.05) is 0 Å². The molecule has 0 aliphatic carbocycles. The van der Waals surface area contributed by atoms with Gasteiger partial charge in [0.15, 0.2) is 0 Å². The van der Waals surface area contributed by atoms with Crippen LogP contribution in [0.1, 0.15) is 0 Å². The summed E-state index contributed by atoms with van der Waals surface area (Å²) in [6, 6.07) is 0. The van der Waals surface area contributed by atoms with E-state index in [0.29, 0.717) is 0 Å². The smallest absolute Gasteiger partial charge is 4.00 e. The van der Waals surface area contributed by atoms with Crippen LogP contribution in [-0.4, -0.2) is 0 Å². The summed E-state index contributed by atoms with van der Waals surface area (Å²) in [7, 11) is 0. The summed E-state index contributed by atoms with van der Waals surface area (Å²) >= 11 is -30.6. The molecule has 0 amide bonds. The minimum Gasteiger partial charge on any atom is 4.00 e. The fraction of sp³-hybridized carbons (Fsp3) is 0. The monoisotopic (exact) mass is 1480 g/mol. The molecular weight excluding hydrogens is 1480 g/mol. The van der Waals surface area contributed by atoms with E-state index in [1.54, 1.807) is 0 Å². The van der Waals surface area contributed by atoms with Crippen molar-refractivity contribution >= 4 is 0 Å². The molecule has 0 unspecified atom stereocenters. The summed E-state index contributed by atoms with van der Waals surface area (Å²) in [5.41, 5.74) is 0. The van der Waals surface area contributed by atoms with Gasteiger partial charge in [0.2, 0.25) is 0 Å². The van der Waals surface area contributed by atoms with E-state index in [1.807, 2.05) is 0 Å². The van der Waals surface area contributed by atoms with Crippen molar-refractivity contribution in [3.05, 3.63) is 0 Å². The van der Waals surface area contributed by atoms with Crippen molar-refractivity contribution in [1.29, 1.82) is 0 Å². The van der Waals surface area contributed by atoms with E-state index in [0.717, 1.165) is 0 Å². The molecule has 27 heavy (non-hydrogen) atoms. The summed E-state index contributed by atoms with van der Waals surface area (Å²) in [6.07, 6.45) is 0. The summed E-state index contributed by atoms with van der Waals surface area (Å²) in [5, 5.41) is 0. The van der Waals surface area contributed by atoms with Crippen LogP contribution in [0.3, 0.4) is 0 Å². The molecule has 20 nitrogen and oxygen atoms in total. The molecule has 0 aliphatic heterocycles. The Morgan fingerprint density at radius 2 is 0.296 bits per heavy atom. The Bertz CT molecular complexity index is 876. The van der Waals surface area contributed by atoms with Crippen LogP contribution in [0.5, 0.6) is 0 Å². The molecule has 163 valence electrons. The topological polar surface area (TPSA) is 371 Å². The molecular formula is KO20Re6. The number of hydrogen-bond acceptors (Lipinski definition) is 20. The van der Waals surface area contributed by atoms with E-state index < -0.39 is 78.9 Å². The molecule has 27 heteroatoms. The molecule has 0 spiro atoms. The molecule has 0 rings (SSSR count). The molecule has 0 saturated heterocycles. The van der Waals surface area contributed by atoms with Crippen LogP contribution >= 0.6 is 0 Å². The Hall–Kier alpha value is 2.41. The van der Waals surface area contributed by atoms with Gasteiger partial charge in [-0.2, -0.15) is 0 Å². The zero-order chi connectivity index (χ0) is 22.5. The molecule has 0 heterocycles. The van der Waals surface area contributed by atoms with Gasteiger partial charge in [-0.05, 0) is 0 Å². The van der Waals surface area contributed by atoms with Crippen LogP contribution in [0.15, 0.2) is 0 Å².